The third-order valence-corrected chi connectivity index (χ3v) is 3.93. The van der Waals surface area contributed by atoms with Crippen molar-refractivity contribution in [2.75, 3.05) is 6.54 Å². The predicted octanol–water partition coefficient (Wildman–Crippen LogP) is 3.17. The molecule has 2 aromatic rings. The van der Waals surface area contributed by atoms with Crippen LogP contribution in [0, 0.1) is 0 Å². The lowest BCUT2D eigenvalue weighted by atomic mass is 10.1. The largest absolute Gasteiger partial charge is 0.304 e. The molecule has 0 amide bonds. The summed E-state index contributed by atoms with van der Waals surface area (Å²) in [4.78, 5) is 0. The second-order valence-corrected chi connectivity index (χ2v) is 6.05. The van der Waals surface area contributed by atoms with Crippen LogP contribution in [0.25, 0.3) is 0 Å². The Balaban J connectivity index is 2.40. The summed E-state index contributed by atoms with van der Waals surface area (Å²) in [7, 11) is 0. The second-order valence-electron chi connectivity index (χ2n) is 4.64. The maximum atomic E-state index is 4.44. The van der Waals surface area contributed by atoms with E-state index in [0.29, 0.717) is 6.04 Å². The van der Waals surface area contributed by atoms with E-state index in [9.17, 15) is 0 Å². The van der Waals surface area contributed by atoms with Crippen LogP contribution in [0.1, 0.15) is 50.7 Å². The molecular weight excluding hydrogens is 326 g/mol. The number of hydrogen-bond donors (Lipinski definition) is 1. The summed E-state index contributed by atoms with van der Waals surface area (Å²) in [6.45, 7) is 7.33. The Morgan fingerprint density at radius 3 is 2.79 bits per heavy atom. The Bertz CT molecular complexity index is 508. The molecule has 7 heteroatoms. The molecule has 2 rings (SSSR count). The summed E-state index contributed by atoms with van der Waals surface area (Å²) < 4.78 is 11.5. The Morgan fingerprint density at radius 2 is 2.21 bits per heavy atom. The van der Waals surface area contributed by atoms with Crippen LogP contribution >= 0.6 is 27.7 Å². The van der Waals surface area contributed by atoms with Crippen molar-refractivity contribution in [2.24, 2.45) is 0 Å². The van der Waals surface area contributed by atoms with E-state index < -0.39 is 0 Å². The Hall–Kier alpha value is -0.790. The van der Waals surface area contributed by atoms with Crippen molar-refractivity contribution in [3.8, 4) is 0 Å². The van der Waals surface area contributed by atoms with Crippen molar-refractivity contribution in [1.82, 2.24) is 23.8 Å². The third-order valence-electron chi connectivity index (χ3n) is 2.82. The molecule has 0 aliphatic heterocycles. The van der Waals surface area contributed by atoms with E-state index in [1.165, 1.54) is 11.7 Å². The van der Waals surface area contributed by atoms with Crippen molar-refractivity contribution < 1.29 is 0 Å². The first-order valence-corrected chi connectivity index (χ1v) is 7.91. The second kappa shape index (κ2) is 6.58. The number of halogens is 1. The van der Waals surface area contributed by atoms with E-state index in [-0.39, 0.29) is 6.04 Å². The van der Waals surface area contributed by atoms with Gasteiger partial charge in [-0.25, -0.2) is 0 Å². The average molecular weight is 344 g/mol. The van der Waals surface area contributed by atoms with Gasteiger partial charge in [-0.3, -0.25) is 4.68 Å². The van der Waals surface area contributed by atoms with E-state index in [1.54, 1.807) is 0 Å². The normalized spacial score (nSPS) is 13.1. The van der Waals surface area contributed by atoms with Gasteiger partial charge in [-0.05, 0) is 42.7 Å². The monoisotopic (exact) mass is 343 g/mol. The van der Waals surface area contributed by atoms with Gasteiger partial charge in [-0.1, -0.05) is 6.92 Å². The minimum absolute atomic E-state index is 0.0259. The molecule has 1 unspecified atom stereocenters. The molecule has 0 saturated carbocycles. The molecule has 2 heterocycles. The van der Waals surface area contributed by atoms with Crippen LogP contribution in [0.4, 0.5) is 0 Å². The lowest BCUT2D eigenvalue weighted by Gasteiger charge is -2.20. The first kappa shape index (κ1) is 14.6. The van der Waals surface area contributed by atoms with E-state index in [4.69, 9.17) is 0 Å². The molecule has 2 aromatic heterocycles. The van der Waals surface area contributed by atoms with Crippen LogP contribution in [-0.2, 0) is 0 Å². The van der Waals surface area contributed by atoms with Crippen molar-refractivity contribution in [2.45, 2.75) is 39.3 Å². The van der Waals surface area contributed by atoms with E-state index in [1.807, 2.05) is 17.1 Å². The van der Waals surface area contributed by atoms with Gasteiger partial charge >= 0.3 is 0 Å². The van der Waals surface area contributed by atoms with E-state index in [2.05, 4.69) is 55.9 Å². The summed E-state index contributed by atoms with van der Waals surface area (Å²) in [5.41, 5.74) is 2.05. The summed E-state index contributed by atoms with van der Waals surface area (Å²) in [5, 5.41) is 7.96. The summed E-state index contributed by atoms with van der Waals surface area (Å²) in [5.74, 6) is 0. The summed E-state index contributed by atoms with van der Waals surface area (Å²) in [6, 6.07) is 0.330. The number of rotatable bonds is 6. The van der Waals surface area contributed by atoms with E-state index in [0.717, 1.165) is 28.8 Å². The maximum Gasteiger partial charge on any atom is 0.0974 e. The molecule has 0 aromatic carbocycles. The molecule has 5 nitrogen and oxygen atoms in total. The fraction of sp³-hybridized carbons (Fsp3) is 0.583. The van der Waals surface area contributed by atoms with Gasteiger partial charge in [-0.15, -0.1) is 0 Å². The van der Waals surface area contributed by atoms with Crippen LogP contribution < -0.4 is 5.32 Å². The molecule has 1 N–H and O–H groups in total. The van der Waals surface area contributed by atoms with Crippen LogP contribution in [-0.4, -0.2) is 25.1 Å². The molecule has 0 aliphatic carbocycles. The fourth-order valence-corrected chi connectivity index (χ4v) is 2.91. The topological polar surface area (TPSA) is 55.6 Å². The highest BCUT2D eigenvalue weighted by Gasteiger charge is 2.24. The van der Waals surface area contributed by atoms with Crippen molar-refractivity contribution >= 4 is 27.7 Å². The number of nitrogens with zero attached hydrogens (tertiary/aromatic N) is 4. The molecule has 19 heavy (non-hydrogen) atoms. The van der Waals surface area contributed by atoms with Gasteiger partial charge < -0.3 is 5.32 Å². The first-order chi connectivity index (χ1) is 9.15. The number of aromatic nitrogens is 4. The zero-order valence-electron chi connectivity index (χ0n) is 11.3. The molecule has 1 atom stereocenters. The first-order valence-electron chi connectivity index (χ1n) is 6.38. The molecule has 0 bridgehead atoms. The summed E-state index contributed by atoms with van der Waals surface area (Å²) in [6.07, 6.45) is 4.74. The highest BCUT2D eigenvalue weighted by atomic mass is 79.9. The highest BCUT2D eigenvalue weighted by molar-refractivity contribution is 9.10. The minimum Gasteiger partial charge on any atom is -0.304 e. The average Bonchev–Trinajstić information content (AvgIpc) is 3.01. The number of hydrogen-bond acceptors (Lipinski definition) is 5. The van der Waals surface area contributed by atoms with Gasteiger partial charge in [0.2, 0.25) is 0 Å². The maximum absolute atomic E-state index is 4.44. The lowest BCUT2D eigenvalue weighted by Crippen LogP contribution is -2.27. The third kappa shape index (κ3) is 3.21. The lowest BCUT2D eigenvalue weighted by molar-refractivity contribution is 0.468. The van der Waals surface area contributed by atoms with Crippen LogP contribution in [0.15, 0.2) is 16.9 Å². The van der Waals surface area contributed by atoms with Crippen molar-refractivity contribution in [1.29, 1.82) is 0 Å². The fourth-order valence-electron chi connectivity index (χ4n) is 1.96. The van der Waals surface area contributed by atoms with Crippen molar-refractivity contribution in [3.05, 3.63) is 28.3 Å². The summed E-state index contributed by atoms with van der Waals surface area (Å²) >= 11 is 4.83. The van der Waals surface area contributed by atoms with Gasteiger partial charge in [-0.2, -0.15) is 13.8 Å². The van der Waals surface area contributed by atoms with Gasteiger partial charge in [0.05, 0.1) is 46.0 Å². The standard InChI is InChI=1S/C12H18BrN5S/c1-4-5-14-11(10-7-16-19-17-10)12-9(13)6-15-18(12)8(2)3/h6-8,11,14H,4-5H2,1-3H3. The van der Waals surface area contributed by atoms with Gasteiger partial charge in [0, 0.05) is 6.04 Å². The van der Waals surface area contributed by atoms with Gasteiger partial charge in [0.15, 0.2) is 0 Å². The van der Waals surface area contributed by atoms with E-state index >= 15 is 0 Å². The smallest absolute Gasteiger partial charge is 0.0974 e. The molecule has 0 aliphatic rings. The minimum atomic E-state index is 0.0259. The zero-order valence-corrected chi connectivity index (χ0v) is 13.7. The quantitative estimate of drug-likeness (QED) is 0.875. The van der Waals surface area contributed by atoms with Crippen LogP contribution in [0.3, 0.4) is 0 Å². The van der Waals surface area contributed by atoms with Crippen molar-refractivity contribution in [3.63, 3.8) is 0 Å². The van der Waals surface area contributed by atoms with Gasteiger partial charge in [0.25, 0.3) is 0 Å². The molecule has 0 radical (unpaired) electrons. The molecule has 0 spiro atoms. The molecule has 104 valence electrons. The number of nitrogens with one attached hydrogen (secondary N) is 1. The molecular formula is C12H18BrN5S. The Kier molecular flexibility index (Phi) is 5.06. The molecule has 0 saturated heterocycles. The SMILES string of the molecule is CCCNC(c1cnsn1)c1c(Br)cnn1C(C)C. The van der Waals surface area contributed by atoms with Crippen LogP contribution in [0.2, 0.25) is 0 Å². The Labute approximate surface area is 125 Å². The highest BCUT2D eigenvalue weighted by Crippen LogP contribution is 2.29. The Morgan fingerprint density at radius 1 is 1.42 bits per heavy atom. The zero-order chi connectivity index (χ0) is 13.8. The molecule has 0 fully saturated rings. The van der Waals surface area contributed by atoms with Crippen LogP contribution in [0.5, 0.6) is 0 Å². The predicted molar refractivity (Wildman–Crippen MR) is 80.4 cm³/mol. The van der Waals surface area contributed by atoms with Gasteiger partial charge in [0.1, 0.15) is 0 Å².